The van der Waals surface area contributed by atoms with Gasteiger partial charge in [-0.2, -0.15) is 0 Å². The van der Waals surface area contributed by atoms with Crippen molar-refractivity contribution in [2.45, 2.75) is 38.6 Å². The number of esters is 1. The van der Waals surface area contributed by atoms with E-state index < -0.39 is 23.6 Å². The second-order valence-electron chi connectivity index (χ2n) is 6.96. The van der Waals surface area contributed by atoms with E-state index in [1.54, 1.807) is 11.8 Å². The van der Waals surface area contributed by atoms with Crippen LogP contribution in [0.4, 0.5) is 0 Å². The number of ether oxygens (including phenoxy) is 2. The predicted molar refractivity (Wildman–Crippen MR) is 86.1 cm³/mol. The van der Waals surface area contributed by atoms with Gasteiger partial charge >= 0.3 is 11.8 Å². The highest BCUT2D eigenvalue weighted by atomic mass is 16.6. The smallest absolute Gasteiger partial charge is 0.457 e. The number of nitrogens with zero attached hydrogens (tertiary/aromatic N) is 1. The minimum absolute atomic E-state index is 0.0355. The van der Waals surface area contributed by atoms with Crippen molar-refractivity contribution in [3.05, 3.63) is 22.1 Å². The van der Waals surface area contributed by atoms with Crippen molar-refractivity contribution in [3.8, 4) is 0 Å². The monoisotopic (exact) mass is 366 g/mol. The van der Waals surface area contributed by atoms with Crippen LogP contribution in [-0.4, -0.2) is 55.2 Å². The first kappa shape index (κ1) is 17.3. The van der Waals surface area contributed by atoms with Gasteiger partial charge in [-0.1, -0.05) is 0 Å². The quantitative estimate of drug-likeness (QED) is 0.730. The Kier molecular flexibility index (Phi) is 4.58. The number of nitrogens with one attached hydrogen (secondary N) is 1. The fourth-order valence-corrected chi connectivity index (χ4v) is 4.13. The van der Waals surface area contributed by atoms with Gasteiger partial charge in [0, 0.05) is 26.2 Å². The lowest BCUT2D eigenvalue weighted by Crippen LogP contribution is -2.52. The summed E-state index contributed by atoms with van der Waals surface area (Å²) in [7, 11) is 0. The van der Waals surface area contributed by atoms with E-state index in [1.807, 2.05) is 0 Å². The maximum atomic E-state index is 13.0. The first-order valence-electron chi connectivity index (χ1n) is 8.95. The number of carbonyl (C=O) groups excluding carboxylic acids is 2. The van der Waals surface area contributed by atoms with Gasteiger partial charge in [-0.3, -0.25) is 9.59 Å². The van der Waals surface area contributed by atoms with E-state index in [4.69, 9.17) is 18.3 Å². The van der Waals surface area contributed by atoms with Crippen LogP contribution in [0, 0.1) is 18.8 Å². The van der Waals surface area contributed by atoms with Gasteiger partial charge in [0.05, 0.1) is 24.0 Å². The zero-order valence-corrected chi connectivity index (χ0v) is 14.6. The SMILES string of the molecule is Cc1oc(=O)oc1COC(=O)[C@H]1[C@@H](C(=O)N2CCNCC2)[C@@H]2CC[C@H]1O2. The summed E-state index contributed by atoms with van der Waals surface area (Å²) in [6.45, 7) is 4.13. The van der Waals surface area contributed by atoms with E-state index in [1.165, 1.54) is 0 Å². The summed E-state index contributed by atoms with van der Waals surface area (Å²) in [5.74, 6) is -2.02. The Hall–Kier alpha value is -2.13. The van der Waals surface area contributed by atoms with Gasteiger partial charge in [-0.25, -0.2) is 4.79 Å². The van der Waals surface area contributed by atoms with E-state index in [9.17, 15) is 14.4 Å². The largest absolute Gasteiger partial charge is 0.519 e. The molecule has 0 radical (unpaired) electrons. The predicted octanol–water partition coefficient (Wildman–Crippen LogP) is -0.190. The third kappa shape index (κ3) is 3.05. The molecule has 0 unspecified atom stereocenters. The number of hydrogen-bond acceptors (Lipinski definition) is 8. The lowest BCUT2D eigenvalue weighted by atomic mass is 9.78. The van der Waals surface area contributed by atoms with Crippen molar-refractivity contribution in [1.82, 2.24) is 10.2 Å². The number of fused-ring (bicyclic) bond motifs is 2. The molecule has 142 valence electrons. The Morgan fingerprint density at radius 2 is 1.85 bits per heavy atom. The molecule has 0 saturated carbocycles. The highest BCUT2D eigenvalue weighted by molar-refractivity contribution is 5.87. The van der Waals surface area contributed by atoms with Gasteiger partial charge in [0.1, 0.15) is 0 Å². The summed E-state index contributed by atoms with van der Waals surface area (Å²) in [6.07, 6.45) is 1.01. The van der Waals surface area contributed by atoms with Crippen molar-refractivity contribution >= 4 is 11.9 Å². The minimum Gasteiger partial charge on any atom is -0.457 e. The van der Waals surface area contributed by atoms with Crippen LogP contribution < -0.4 is 11.1 Å². The Labute approximate surface area is 149 Å². The molecule has 4 heterocycles. The third-order valence-electron chi connectivity index (χ3n) is 5.44. The second-order valence-corrected chi connectivity index (χ2v) is 6.96. The Bertz CT molecular complexity index is 749. The van der Waals surface area contributed by atoms with E-state index in [-0.39, 0.29) is 36.2 Å². The molecular weight excluding hydrogens is 344 g/mol. The average molecular weight is 366 g/mol. The summed E-state index contributed by atoms with van der Waals surface area (Å²) in [5.41, 5.74) is 0. The summed E-state index contributed by atoms with van der Waals surface area (Å²) < 4.78 is 20.8. The normalized spacial score (nSPS) is 30.6. The highest BCUT2D eigenvalue weighted by Gasteiger charge is 2.56. The van der Waals surface area contributed by atoms with Crippen LogP contribution in [0.3, 0.4) is 0 Å². The van der Waals surface area contributed by atoms with Crippen molar-refractivity contribution < 1.29 is 27.9 Å². The molecule has 4 rings (SSSR count). The number of rotatable bonds is 4. The third-order valence-corrected chi connectivity index (χ3v) is 5.44. The molecule has 0 aromatic carbocycles. The maximum Gasteiger partial charge on any atom is 0.519 e. The van der Waals surface area contributed by atoms with Gasteiger partial charge in [0.15, 0.2) is 18.1 Å². The Morgan fingerprint density at radius 1 is 1.15 bits per heavy atom. The first-order valence-corrected chi connectivity index (χ1v) is 8.95. The van der Waals surface area contributed by atoms with Crippen LogP contribution in [-0.2, 0) is 25.7 Å². The first-order chi connectivity index (χ1) is 12.5. The molecule has 3 saturated heterocycles. The highest BCUT2D eigenvalue weighted by Crippen LogP contribution is 2.45. The molecule has 4 atom stereocenters. The number of aryl methyl sites for hydroxylation is 1. The van der Waals surface area contributed by atoms with Crippen LogP contribution in [0.2, 0.25) is 0 Å². The molecule has 0 spiro atoms. The fourth-order valence-electron chi connectivity index (χ4n) is 4.13. The Morgan fingerprint density at radius 3 is 2.50 bits per heavy atom. The Balaban J connectivity index is 1.46. The molecule has 26 heavy (non-hydrogen) atoms. The molecule has 3 aliphatic rings. The molecule has 1 aromatic rings. The van der Waals surface area contributed by atoms with Crippen LogP contribution >= 0.6 is 0 Å². The summed E-state index contributed by atoms with van der Waals surface area (Å²) in [4.78, 5) is 38.5. The standard InChI is InChI=1S/C17H22N2O7/c1-9-12(26-17(22)24-9)8-23-16(21)14-11-3-2-10(25-11)13(14)15(20)19-6-4-18-5-7-19/h10-11,13-14,18H,2-8H2,1H3/t10-,11+,13-,14+/m0/s1. The zero-order chi connectivity index (χ0) is 18.3. The van der Waals surface area contributed by atoms with E-state index in [0.29, 0.717) is 13.1 Å². The van der Waals surface area contributed by atoms with Crippen LogP contribution in [0.1, 0.15) is 24.4 Å². The molecule has 9 heteroatoms. The van der Waals surface area contributed by atoms with Crippen LogP contribution in [0.5, 0.6) is 0 Å². The minimum atomic E-state index is -0.830. The second kappa shape index (κ2) is 6.88. The molecule has 2 bridgehead atoms. The van der Waals surface area contributed by atoms with E-state index >= 15 is 0 Å². The van der Waals surface area contributed by atoms with E-state index in [2.05, 4.69) is 5.32 Å². The molecule has 1 amide bonds. The maximum absolute atomic E-state index is 13.0. The molecule has 0 aliphatic carbocycles. The van der Waals surface area contributed by atoms with Crippen LogP contribution in [0.25, 0.3) is 0 Å². The number of hydrogen-bond donors (Lipinski definition) is 1. The molecule has 9 nitrogen and oxygen atoms in total. The van der Waals surface area contributed by atoms with Crippen molar-refractivity contribution in [1.29, 1.82) is 0 Å². The van der Waals surface area contributed by atoms with E-state index in [0.717, 1.165) is 25.9 Å². The van der Waals surface area contributed by atoms with Crippen molar-refractivity contribution in [2.24, 2.45) is 11.8 Å². The summed E-state index contributed by atoms with van der Waals surface area (Å²) in [6, 6.07) is 0. The van der Waals surface area contributed by atoms with Gasteiger partial charge in [0.2, 0.25) is 5.91 Å². The zero-order valence-electron chi connectivity index (χ0n) is 14.6. The topological polar surface area (TPSA) is 111 Å². The lowest BCUT2D eigenvalue weighted by Gasteiger charge is -2.33. The molecule has 3 aliphatic heterocycles. The van der Waals surface area contributed by atoms with Crippen molar-refractivity contribution in [3.63, 3.8) is 0 Å². The molecule has 1 aromatic heterocycles. The van der Waals surface area contributed by atoms with Gasteiger partial charge in [-0.05, 0) is 19.8 Å². The lowest BCUT2D eigenvalue weighted by molar-refractivity contribution is -0.157. The average Bonchev–Trinajstić information content (AvgIpc) is 3.34. The van der Waals surface area contributed by atoms with Crippen LogP contribution in [0.15, 0.2) is 13.6 Å². The number of piperazine rings is 1. The fraction of sp³-hybridized carbons (Fsp3) is 0.706. The van der Waals surface area contributed by atoms with Crippen molar-refractivity contribution in [2.75, 3.05) is 26.2 Å². The number of carbonyl (C=O) groups is 2. The summed E-state index contributed by atoms with van der Waals surface area (Å²) in [5, 5.41) is 3.21. The van der Waals surface area contributed by atoms with Gasteiger partial charge in [0.25, 0.3) is 0 Å². The molecular formula is C17H22N2O7. The molecule has 3 fully saturated rings. The summed E-state index contributed by atoms with van der Waals surface area (Å²) >= 11 is 0. The molecule has 1 N–H and O–H groups in total. The van der Waals surface area contributed by atoms with Gasteiger partial charge in [-0.15, -0.1) is 0 Å². The number of amides is 1. The van der Waals surface area contributed by atoms with Gasteiger partial charge < -0.3 is 28.5 Å².